The molecule has 1 aromatic rings. The maximum absolute atomic E-state index is 2.86. The van der Waals surface area contributed by atoms with Gasteiger partial charge in [0.05, 0.1) is 0 Å². The molecule has 2 rings (SSSR count). The van der Waals surface area contributed by atoms with Crippen LogP contribution in [0.5, 0.6) is 0 Å². The SMILES string of the molecule is CCC1=CC=CC1.[Ru].c1cc[nH]c1. The topological polar surface area (TPSA) is 15.8 Å². The predicted molar refractivity (Wildman–Crippen MR) is 52.9 cm³/mol. The molecule has 0 saturated heterocycles. The maximum atomic E-state index is 2.86. The Morgan fingerprint density at radius 3 is 2.23 bits per heavy atom. The van der Waals surface area contributed by atoms with Crippen molar-refractivity contribution in [3.05, 3.63) is 48.3 Å². The van der Waals surface area contributed by atoms with Gasteiger partial charge in [0.25, 0.3) is 0 Å². The number of allylic oxidation sites excluding steroid dienone is 4. The Kier molecular flexibility index (Phi) is 7.62. The molecule has 1 aliphatic carbocycles. The number of aromatic nitrogens is 1. The number of nitrogens with one attached hydrogen (secondary N) is 1. The average molecular weight is 262 g/mol. The molecule has 1 aromatic heterocycles. The largest absolute Gasteiger partial charge is 0.368 e. The maximum Gasteiger partial charge on any atom is 0.000496 e. The summed E-state index contributed by atoms with van der Waals surface area (Å²) in [6.07, 6.45) is 12.7. The van der Waals surface area contributed by atoms with Crippen LogP contribution in [0.25, 0.3) is 0 Å². The smallest absolute Gasteiger partial charge is 0.000496 e. The van der Waals surface area contributed by atoms with Gasteiger partial charge >= 0.3 is 0 Å². The van der Waals surface area contributed by atoms with Crippen molar-refractivity contribution in [3.8, 4) is 0 Å². The van der Waals surface area contributed by atoms with Crippen LogP contribution in [0.4, 0.5) is 0 Å². The van der Waals surface area contributed by atoms with Crippen molar-refractivity contribution in [2.24, 2.45) is 0 Å². The van der Waals surface area contributed by atoms with Gasteiger partial charge in [-0.05, 0) is 25.0 Å². The standard InChI is InChI=1S/C7H10.C4H5N.Ru/c1-2-7-5-3-4-6-7;1-2-4-5-3-1;/h3-5H,2,6H2,1H3;1-5H;. The van der Waals surface area contributed by atoms with E-state index in [4.69, 9.17) is 0 Å². The Morgan fingerprint density at radius 2 is 2.00 bits per heavy atom. The molecule has 0 unspecified atom stereocenters. The summed E-state index contributed by atoms with van der Waals surface area (Å²) in [5.41, 5.74) is 1.56. The van der Waals surface area contributed by atoms with E-state index in [1.54, 1.807) is 5.57 Å². The monoisotopic (exact) mass is 263 g/mol. The minimum Gasteiger partial charge on any atom is -0.368 e. The zero-order valence-electron chi connectivity index (χ0n) is 7.81. The summed E-state index contributed by atoms with van der Waals surface area (Å²) in [5, 5.41) is 0. The van der Waals surface area contributed by atoms with Crippen molar-refractivity contribution in [1.29, 1.82) is 0 Å². The molecule has 0 fully saturated rings. The first-order valence-electron chi connectivity index (χ1n) is 4.36. The van der Waals surface area contributed by atoms with E-state index in [1.807, 2.05) is 24.5 Å². The minimum absolute atomic E-state index is 0. The van der Waals surface area contributed by atoms with Crippen molar-refractivity contribution in [3.63, 3.8) is 0 Å². The van der Waals surface area contributed by atoms with Crippen molar-refractivity contribution < 1.29 is 19.5 Å². The second kappa shape index (κ2) is 8.00. The van der Waals surface area contributed by atoms with Crippen LogP contribution >= 0.6 is 0 Å². The van der Waals surface area contributed by atoms with E-state index in [2.05, 4.69) is 30.1 Å². The summed E-state index contributed by atoms with van der Waals surface area (Å²) >= 11 is 0. The number of hydrogen-bond donors (Lipinski definition) is 1. The van der Waals surface area contributed by atoms with Crippen molar-refractivity contribution in [2.75, 3.05) is 0 Å². The molecular weight excluding hydrogens is 247 g/mol. The van der Waals surface area contributed by atoms with E-state index in [1.165, 1.54) is 12.8 Å². The molecule has 0 spiro atoms. The molecular formula is C11H15NRu. The number of aromatic amines is 1. The summed E-state index contributed by atoms with van der Waals surface area (Å²) in [6.45, 7) is 2.19. The first-order chi connectivity index (χ1) is 5.93. The van der Waals surface area contributed by atoms with Crippen LogP contribution in [0, 0.1) is 0 Å². The third kappa shape index (κ3) is 5.60. The molecule has 72 valence electrons. The van der Waals surface area contributed by atoms with Gasteiger partial charge in [-0.15, -0.1) is 0 Å². The molecule has 0 radical (unpaired) electrons. The molecule has 0 saturated carbocycles. The van der Waals surface area contributed by atoms with Gasteiger partial charge in [0.1, 0.15) is 0 Å². The van der Waals surface area contributed by atoms with Gasteiger partial charge in [0.2, 0.25) is 0 Å². The van der Waals surface area contributed by atoms with Crippen LogP contribution in [-0.2, 0) is 19.5 Å². The third-order valence-electron chi connectivity index (χ3n) is 1.80. The molecule has 0 bridgehead atoms. The zero-order chi connectivity index (χ0) is 8.65. The van der Waals surface area contributed by atoms with Crippen LogP contribution in [0.2, 0.25) is 0 Å². The van der Waals surface area contributed by atoms with Gasteiger partial charge in [-0.1, -0.05) is 30.7 Å². The van der Waals surface area contributed by atoms with E-state index in [0.717, 1.165) is 0 Å². The molecule has 1 N–H and O–H groups in total. The van der Waals surface area contributed by atoms with E-state index in [-0.39, 0.29) is 19.5 Å². The molecule has 1 nitrogen and oxygen atoms in total. The van der Waals surface area contributed by atoms with Crippen LogP contribution in [0.1, 0.15) is 19.8 Å². The fourth-order valence-corrected chi connectivity index (χ4v) is 1.03. The Bertz CT molecular complexity index is 230. The minimum atomic E-state index is 0. The van der Waals surface area contributed by atoms with Crippen LogP contribution in [-0.4, -0.2) is 4.98 Å². The van der Waals surface area contributed by atoms with E-state index < -0.39 is 0 Å². The first kappa shape index (κ1) is 12.4. The Balaban J connectivity index is 0.000000215. The van der Waals surface area contributed by atoms with Gasteiger partial charge in [-0.3, -0.25) is 0 Å². The van der Waals surface area contributed by atoms with E-state index in [0.29, 0.717) is 0 Å². The molecule has 2 heteroatoms. The van der Waals surface area contributed by atoms with Crippen LogP contribution < -0.4 is 0 Å². The van der Waals surface area contributed by atoms with E-state index in [9.17, 15) is 0 Å². The Morgan fingerprint density at radius 1 is 1.31 bits per heavy atom. The summed E-state index contributed by atoms with van der Waals surface area (Å²) in [5.74, 6) is 0. The zero-order valence-corrected chi connectivity index (χ0v) is 9.55. The van der Waals surface area contributed by atoms with E-state index >= 15 is 0 Å². The van der Waals surface area contributed by atoms with Crippen molar-refractivity contribution in [2.45, 2.75) is 19.8 Å². The van der Waals surface area contributed by atoms with Crippen LogP contribution in [0.3, 0.4) is 0 Å². The van der Waals surface area contributed by atoms with Gasteiger partial charge in [0.15, 0.2) is 0 Å². The second-order valence-corrected chi connectivity index (χ2v) is 2.70. The van der Waals surface area contributed by atoms with Gasteiger partial charge < -0.3 is 4.98 Å². The second-order valence-electron chi connectivity index (χ2n) is 2.70. The molecule has 0 amide bonds. The molecule has 0 aromatic carbocycles. The molecule has 1 heterocycles. The predicted octanol–water partition coefficient (Wildman–Crippen LogP) is 3.29. The van der Waals surface area contributed by atoms with Crippen LogP contribution in [0.15, 0.2) is 48.3 Å². The van der Waals surface area contributed by atoms with Crippen molar-refractivity contribution >= 4 is 0 Å². The summed E-state index contributed by atoms with van der Waals surface area (Å²) in [6, 6.07) is 3.89. The van der Waals surface area contributed by atoms with Gasteiger partial charge in [-0.2, -0.15) is 0 Å². The summed E-state index contributed by atoms with van der Waals surface area (Å²) < 4.78 is 0. The fourth-order valence-electron chi connectivity index (χ4n) is 1.03. The molecule has 1 aliphatic rings. The fraction of sp³-hybridized carbons (Fsp3) is 0.273. The number of rotatable bonds is 1. The molecule has 0 aliphatic heterocycles. The van der Waals surface area contributed by atoms with Crippen molar-refractivity contribution in [1.82, 2.24) is 4.98 Å². The summed E-state index contributed by atoms with van der Waals surface area (Å²) in [4.78, 5) is 2.86. The number of hydrogen-bond acceptors (Lipinski definition) is 0. The average Bonchev–Trinajstić information content (AvgIpc) is 2.81. The molecule has 0 atom stereocenters. The molecule has 13 heavy (non-hydrogen) atoms. The Labute approximate surface area is 92.7 Å². The van der Waals surface area contributed by atoms with Gasteiger partial charge in [0, 0.05) is 31.9 Å². The van der Waals surface area contributed by atoms with Gasteiger partial charge in [-0.25, -0.2) is 0 Å². The summed E-state index contributed by atoms with van der Waals surface area (Å²) in [7, 11) is 0. The first-order valence-corrected chi connectivity index (χ1v) is 4.36. The third-order valence-corrected chi connectivity index (χ3v) is 1.80. The quantitative estimate of drug-likeness (QED) is 0.747. The number of H-pyrrole nitrogens is 1. The Hall–Kier alpha value is -0.617. The normalized spacial score (nSPS) is 12.5.